The zero-order valence-corrected chi connectivity index (χ0v) is 16.1. The third-order valence-electron chi connectivity index (χ3n) is 4.25. The Hall–Kier alpha value is -3.02. The van der Waals surface area contributed by atoms with Crippen molar-refractivity contribution in [2.45, 2.75) is 13.3 Å². The van der Waals surface area contributed by atoms with Gasteiger partial charge < -0.3 is 19.3 Å². The second-order valence-corrected chi connectivity index (χ2v) is 6.07. The van der Waals surface area contributed by atoms with Crippen LogP contribution in [0, 0.1) is 0 Å². The molecule has 27 heavy (non-hydrogen) atoms. The van der Waals surface area contributed by atoms with Gasteiger partial charge in [0.05, 0.1) is 13.7 Å². The molecule has 2 aromatic carbocycles. The van der Waals surface area contributed by atoms with Crippen LogP contribution in [0.2, 0.25) is 0 Å². The molecular formula is C21H26N2O4. The zero-order valence-electron chi connectivity index (χ0n) is 16.1. The minimum Gasteiger partial charge on any atom is -0.497 e. The molecule has 6 nitrogen and oxygen atoms in total. The molecule has 0 heterocycles. The molecule has 0 aliphatic carbocycles. The lowest BCUT2D eigenvalue weighted by molar-refractivity contribution is -0.129. The summed E-state index contributed by atoms with van der Waals surface area (Å²) in [6.45, 7) is 2.63. The fraction of sp³-hybridized carbons (Fsp3) is 0.333. The fourth-order valence-corrected chi connectivity index (χ4v) is 2.57. The van der Waals surface area contributed by atoms with Gasteiger partial charge in [-0.2, -0.15) is 0 Å². The number of para-hydroxylation sites is 1. The highest BCUT2D eigenvalue weighted by Crippen LogP contribution is 2.17. The predicted molar refractivity (Wildman–Crippen MR) is 105 cm³/mol. The van der Waals surface area contributed by atoms with Crippen LogP contribution >= 0.6 is 0 Å². The maximum atomic E-state index is 12.4. The summed E-state index contributed by atoms with van der Waals surface area (Å²) in [6.07, 6.45) is 0.257. The molecule has 0 N–H and O–H groups in total. The Labute approximate surface area is 160 Å². The lowest BCUT2D eigenvalue weighted by Gasteiger charge is -2.23. The lowest BCUT2D eigenvalue weighted by Crippen LogP contribution is -2.37. The van der Waals surface area contributed by atoms with Crippen molar-refractivity contribution in [2.24, 2.45) is 0 Å². The molecule has 0 unspecified atom stereocenters. The number of anilines is 1. The van der Waals surface area contributed by atoms with Crippen LogP contribution in [0.25, 0.3) is 0 Å². The molecule has 2 amide bonds. The van der Waals surface area contributed by atoms with Crippen LogP contribution in [0.4, 0.5) is 5.69 Å². The summed E-state index contributed by atoms with van der Waals surface area (Å²) in [5.74, 6) is 1.35. The Kier molecular flexibility index (Phi) is 7.67. The second kappa shape index (κ2) is 10.2. The number of hydrogen-bond acceptors (Lipinski definition) is 4. The monoisotopic (exact) mass is 370 g/mol. The van der Waals surface area contributed by atoms with Crippen molar-refractivity contribution in [1.82, 2.24) is 4.90 Å². The zero-order chi connectivity index (χ0) is 19.6. The number of carbonyl (C=O) groups is 2. The van der Waals surface area contributed by atoms with E-state index in [1.807, 2.05) is 54.6 Å². The van der Waals surface area contributed by atoms with E-state index < -0.39 is 0 Å². The smallest absolute Gasteiger partial charge is 0.228 e. The number of nitrogens with zero attached hydrogens (tertiary/aromatic N) is 2. The van der Waals surface area contributed by atoms with Crippen LogP contribution in [-0.4, -0.2) is 50.6 Å². The van der Waals surface area contributed by atoms with Gasteiger partial charge in [-0.15, -0.1) is 0 Å². The van der Waals surface area contributed by atoms with Gasteiger partial charge in [0.2, 0.25) is 11.8 Å². The number of carbonyl (C=O) groups excluding carboxylic acids is 2. The first-order valence-corrected chi connectivity index (χ1v) is 8.85. The van der Waals surface area contributed by atoms with E-state index in [0.717, 1.165) is 11.4 Å². The second-order valence-electron chi connectivity index (χ2n) is 6.07. The first kappa shape index (κ1) is 20.3. The molecule has 6 heteroatoms. The van der Waals surface area contributed by atoms with Gasteiger partial charge in [0.1, 0.15) is 18.1 Å². The molecule has 0 saturated heterocycles. The van der Waals surface area contributed by atoms with E-state index >= 15 is 0 Å². The molecule has 2 rings (SSSR count). The average molecular weight is 370 g/mol. The molecule has 0 bridgehead atoms. The molecule has 0 aliphatic heterocycles. The number of ether oxygens (including phenoxy) is 2. The Bertz CT molecular complexity index is 732. The van der Waals surface area contributed by atoms with E-state index in [4.69, 9.17) is 9.47 Å². The fourth-order valence-electron chi connectivity index (χ4n) is 2.57. The quantitative estimate of drug-likeness (QED) is 0.681. The minimum atomic E-state index is -0.0801. The molecule has 0 spiro atoms. The van der Waals surface area contributed by atoms with Gasteiger partial charge in [0.15, 0.2) is 0 Å². The molecule has 0 aliphatic rings. The molecule has 0 fully saturated rings. The van der Waals surface area contributed by atoms with Crippen molar-refractivity contribution in [2.75, 3.05) is 38.8 Å². The standard InChI is InChI=1S/C21H26N2O4/c1-17(24)23(15-16-27-20-11-9-19(26-3)10-12-20)14-13-21(25)22(2)18-7-5-4-6-8-18/h4-12H,13-16H2,1-3H3. The lowest BCUT2D eigenvalue weighted by atomic mass is 10.2. The van der Waals surface area contributed by atoms with Crippen LogP contribution in [0.5, 0.6) is 11.5 Å². The molecule has 0 atom stereocenters. The van der Waals surface area contributed by atoms with E-state index in [1.54, 1.807) is 24.0 Å². The molecular weight excluding hydrogens is 344 g/mol. The number of methoxy groups -OCH3 is 1. The largest absolute Gasteiger partial charge is 0.497 e. The first-order chi connectivity index (χ1) is 13.0. The van der Waals surface area contributed by atoms with Gasteiger partial charge in [0, 0.05) is 32.6 Å². The van der Waals surface area contributed by atoms with Crippen LogP contribution in [0.3, 0.4) is 0 Å². The summed E-state index contributed by atoms with van der Waals surface area (Å²) >= 11 is 0. The SMILES string of the molecule is COc1ccc(OCCN(CCC(=O)N(C)c2ccccc2)C(C)=O)cc1. The molecule has 0 aromatic heterocycles. The van der Waals surface area contributed by atoms with Crippen LogP contribution in [-0.2, 0) is 9.59 Å². The Morgan fingerprint density at radius 1 is 0.926 bits per heavy atom. The van der Waals surface area contributed by atoms with Crippen molar-refractivity contribution in [3.8, 4) is 11.5 Å². The highest BCUT2D eigenvalue weighted by Gasteiger charge is 2.15. The first-order valence-electron chi connectivity index (χ1n) is 8.85. The summed E-state index contributed by atoms with van der Waals surface area (Å²) in [7, 11) is 3.35. The number of rotatable bonds is 9. The number of amides is 2. The molecule has 0 saturated carbocycles. The van der Waals surface area contributed by atoms with Gasteiger partial charge in [-0.25, -0.2) is 0 Å². The summed E-state index contributed by atoms with van der Waals surface area (Å²) in [5, 5.41) is 0. The van der Waals surface area contributed by atoms with Gasteiger partial charge in [0.25, 0.3) is 0 Å². The summed E-state index contributed by atoms with van der Waals surface area (Å²) in [4.78, 5) is 27.5. The predicted octanol–water partition coefficient (Wildman–Crippen LogP) is 2.98. The van der Waals surface area contributed by atoms with Crippen molar-refractivity contribution in [3.05, 3.63) is 54.6 Å². The van der Waals surface area contributed by atoms with E-state index in [-0.39, 0.29) is 18.2 Å². The third-order valence-corrected chi connectivity index (χ3v) is 4.25. The van der Waals surface area contributed by atoms with Crippen molar-refractivity contribution in [3.63, 3.8) is 0 Å². The molecule has 2 aromatic rings. The summed E-state index contributed by atoms with van der Waals surface area (Å²) < 4.78 is 10.8. The highest BCUT2D eigenvalue weighted by atomic mass is 16.5. The Morgan fingerprint density at radius 3 is 2.15 bits per heavy atom. The Morgan fingerprint density at radius 2 is 1.56 bits per heavy atom. The summed E-state index contributed by atoms with van der Waals surface area (Å²) in [5.41, 5.74) is 0.833. The third kappa shape index (κ3) is 6.33. The van der Waals surface area contributed by atoms with Crippen molar-refractivity contribution >= 4 is 17.5 Å². The van der Waals surface area contributed by atoms with Crippen molar-refractivity contribution < 1.29 is 19.1 Å². The highest BCUT2D eigenvalue weighted by molar-refractivity contribution is 5.93. The maximum absolute atomic E-state index is 12.4. The van der Waals surface area contributed by atoms with Crippen LogP contribution in [0.15, 0.2) is 54.6 Å². The normalized spacial score (nSPS) is 10.2. The van der Waals surface area contributed by atoms with E-state index in [2.05, 4.69) is 0 Å². The molecule has 144 valence electrons. The van der Waals surface area contributed by atoms with Crippen LogP contribution in [0.1, 0.15) is 13.3 Å². The van der Waals surface area contributed by atoms with Crippen LogP contribution < -0.4 is 14.4 Å². The molecule has 0 radical (unpaired) electrons. The van der Waals surface area contributed by atoms with Gasteiger partial charge in [-0.1, -0.05) is 18.2 Å². The average Bonchev–Trinajstić information content (AvgIpc) is 2.70. The van der Waals surface area contributed by atoms with E-state index in [1.165, 1.54) is 6.92 Å². The number of benzene rings is 2. The summed E-state index contributed by atoms with van der Waals surface area (Å²) in [6, 6.07) is 16.7. The van der Waals surface area contributed by atoms with E-state index in [0.29, 0.717) is 25.4 Å². The van der Waals surface area contributed by atoms with Gasteiger partial charge in [-0.05, 0) is 36.4 Å². The van der Waals surface area contributed by atoms with E-state index in [9.17, 15) is 9.59 Å². The maximum Gasteiger partial charge on any atom is 0.228 e. The minimum absolute atomic E-state index is 0.0384. The van der Waals surface area contributed by atoms with Crippen molar-refractivity contribution in [1.29, 1.82) is 0 Å². The number of hydrogen-bond donors (Lipinski definition) is 0. The van der Waals surface area contributed by atoms with Gasteiger partial charge >= 0.3 is 0 Å². The van der Waals surface area contributed by atoms with Gasteiger partial charge in [-0.3, -0.25) is 9.59 Å². The topological polar surface area (TPSA) is 59.1 Å². The Balaban J connectivity index is 1.80.